The Morgan fingerprint density at radius 1 is 1.15 bits per heavy atom. The fourth-order valence-electron chi connectivity index (χ4n) is 2.61. The molecular weight excluding hydrogens is 178 g/mol. The van der Waals surface area contributed by atoms with Crippen molar-refractivity contribution in [1.82, 2.24) is 4.90 Å². The van der Waals surface area contributed by atoms with E-state index in [4.69, 9.17) is 0 Å². The van der Waals surface area contributed by atoms with Gasteiger partial charge in [-0.3, -0.25) is 4.90 Å². The van der Waals surface area contributed by atoms with Gasteiger partial charge in [0.05, 0.1) is 0 Å². The molecule has 2 aliphatic rings. The van der Waals surface area contributed by atoms with Crippen molar-refractivity contribution in [1.29, 1.82) is 0 Å². The first-order valence-electron chi connectivity index (χ1n) is 5.62. The number of thioether (sulfide) groups is 1. The van der Waals surface area contributed by atoms with Crippen LogP contribution in [0.2, 0.25) is 0 Å². The second-order valence-corrected chi connectivity index (χ2v) is 5.91. The maximum Gasteiger partial charge on any atom is 0.0133 e. The second-order valence-electron chi connectivity index (χ2n) is 4.68. The molecule has 1 unspecified atom stereocenters. The molecule has 2 heterocycles. The third-order valence-corrected chi connectivity index (χ3v) is 4.59. The zero-order chi connectivity index (χ0) is 9.26. The minimum atomic E-state index is 0.864. The molecule has 0 amide bonds. The maximum absolute atomic E-state index is 2.77. The predicted molar refractivity (Wildman–Crippen MR) is 60.3 cm³/mol. The van der Waals surface area contributed by atoms with Gasteiger partial charge in [-0.1, -0.05) is 13.8 Å². The quantitative estimate of drug-likeness (QED) is 0.672. The first kappa shape index (κ1) is 9.85. The van der Waals surface area contributed by atoms with Gasteiger partial charge in [-0.15, -0.1) is 0 Å². The van der Waals surface area contributed by atoms with Crippen LogP contribution < -0.4 is 0 Å². The average Bonchev–Trinajstić information content (AvgIpc) is 2.02. The standard InChI is InChI=1S/C11H21NS/c1-9(2)11-3-6-12(11)10-4-7-13-8-5-10/h9-11H,3-8H2,1-2H3. The largest absolute Gasteiger partial charge is 0.297 e. The molecule has 1 nitrogen and oxygen atoms in total. The first-order valence-corrected chi connectivity index (χ1v) is 6.78. The molecule has 2 rings (SSSR count). The molecule has 0 aromatic heterocycles. The molecule has 0 radical (unpaired) electrons. The van der Waals surface area contributed by atoms with E-state index in [0.717, 1.165) is 18.0 Å². The van der Waals surface area contributed by atoms with Crippen molar-refractivity contribution in [3.63, 3.8) is 0 Å². The SMILES string of the molecule is CC(C)C1CCN1C1CCSCC1. The summed E-state index contributed by atoms with van der Waals surface area (Å²) >= 11 is 2.13. The highest BCUT2D eigenvalue weighted by molar-refractivity contribution is 7.99. The summed E-state index contributed by atoms with van der Waals surface area (Å²) in [6.45, 7) is 6.11. The Labute approximate surface area is 86.3 Å². The fourth-order valence-corrected chi connectivity index (χ4v) is 3.70. The fraction of sp³-hybridized carbons (Fsp3) is 1.00. The number of nitrogens with zero attached hydrogens (tertiary/aromatic N) is 1. The molecule has 0 N–H and O–H groups in total. The molecule has 2 heteroatoms. The number of rotatable bonds is 2. The van der Waals surface area contributed by atoms with E-state index >= 15 is 0 Å². The van der Waals surface area contributed by atoms with Gasteiger partial charge in [0.1, 0.15) is 0 Å². The van der Waals surface area contributed by atoms with Gasteiger partial charge in [0.15, 0.2) is 0 Å². The van der Waals surface area contributed by atoms with Crippen LogP contribution in [0.5, 0.6) is 0 Å². The van der Waals surface area contributed by atoms with Crippen molar-refractivity contribution in [2.24, 2.45) is 5.92 Å². The van der Waals surface area contributed by atoms with E-state index in [1.54, 1.807) is 0 Å². The molecule has 13 heavy (non-hydrogen) atoms. The average molecular weight is 199 g/mol. The van der Waals surface area contributed by atoms with E-state index in [-0.39, 0.29) is 0 Å². The normalized spacial score (nSPS) is 32.1. The summed E-state index contributed by atoms with van der Waals surface area (Å²) in [7, 11) is 0. The summed E-state index contributed by atoms with van der Waals surface area (Å²) in [5.74, 6) is 3.65. The van der Waals surface area contributed by atoms with Crippen LogP contribution in [0.4, 0.5) is 0 Å². The van der Waals surface area contributed by atoms with Crippen LogP contribution in [0.3, 0.4) is 0 Å². The van der Waals surface area contributed by atoms with Gasteiger partial charge >= 0.3 is 0 Å². The molecule has 0 aliphatic carbocycles. The zero-order valence-corrected chi connectivity index (χ0v) is 9.65. The first-order chi connectivity index (χ1) is 6.29. The van der Waals surface area contributed by atoms with Crippen molar-refractivity contribution in [3.05, 3.63) is 0 Å². The number of likely N-dealkylation sites (tertiary alicyclic amines) is 1. The summed E-state index contributed by atoms with van der Waals surface area (Å²) in [5.41, 5.74) is 0. The van der Waals surface area contributed by atoms with Gasteiger partial charge in [0.25, 0.3) is 0 Å². The maximum atomic E-state index is 2.77. The lowest BCUT2D eigenvalue weighted by Gasteiger charge is -2.49. The van der Waals surface area contributed by atoms with Crippen LogP contribution in [-0.2, 0) is 0 Å². The molecule has 0 saturated carbocycles. The Morgan fingerprint density at radius 3 is 2.31 bits per heavy atom. The van der Waals surface area contributed by atoms with E-state index < -0.39 is 0 Å². The predicted octanol–water partition coefficient (Wildman–Crippen LogP) is 2.61. The summed E-state index contributed by atoms with van der Waals surface area (Å²) in [4.78, 5) is 2.77. The van der Waals surface area contributed by atoms with Crippen LogP contribution in [0.1, 0.15) is 33.1 Å². The monoisotopic (exact) mass is 199 g/mol. The molecule has 2 aliphatic heterocycles. The van der Waals surface area contributed by atoms with Crippen molar-refractivity contribution in [2.75, 3.05) is 18.1 Å². The van der Waals surface area contributed by atoms with Crippen molar-refractivity contribution in [3.8, 4) is 0 Å². The molecule has 1 atom stereocenters. The Hall–Kier alpha value is 0.310. The van der Waals surface area contributed by atoms with E-state index in [2.05, 4.69) is 30.5 Å². The van der Waals surface area contributed by atoms with Crippen LogP contribution in [-0.4, -0.2) is 35.0 Å². The number of hydrogen-bond acceptors (Lipinski definition) is 2. The molecule has 0 spiro atoms. The van der Waals surface area contributed by atoms with Gasteiger partial charge < -0.3 is 0 Å². The molecule has 0 aromatic rings. The smallest absolute Gasteiger partial charge is 0.0133 e. The van der Waals surface area contributed by atoms with Crippen LogP contribution >= 0.6 is 11.8 Å². The Balaban J connectivity index is 1.85. The Morgan fingerprint density at radius 2 is 1.85 bits per heavy atom. The summed E-state index contributed by atoms with van der Waals surface area (Å²) < 4.78 is 0. The molecule has 0 aromatic carbocycles. The van der Waals surface area contributed by atoms with Crippen molar-refractivity contribution in [2.45, 2.75) is 45.2 Å². The van der Waals surface area contributed by atoms with Crippen molar-refractivity contribution < 1.29 is 0 Å². The molecule has 2 saturated heterocycles. The highest BCUT2D eigenvalue weighted by Gasteiger charge is 2.35. The topological polar surface area (TPSA) is 3.24 Å². The Kier molecular flexibility index (Phi) is 3.20. The lowest BCUT2D eigenvalue weighted by Crippen LogP contribution is -2.56. The van der Waals surface area contributed by atoms with Gasteiger partial charge in [0.2, 0.25) is 0 Å². The molecular formula is C11H21NS. The molecule has 76 valence electrons. The third-order valence-electron chi connectivity index (χ3n) is 3.54. The van der Waals surface area contributed by atoms with E-state index in [1.807, 2.05) is 0 Å². The second kappa shape index (κ2) is 4.22. The lowest BCUT2D eigenvalue weighted by atomic mass is 9.88. The van der Waals surface area contributed by atoms with E-state index in [0.29, 0.717) is 0 Å². The van der Waals surface area contributed by atoms with Gasteiger partial charge in [-0.2, -0.15) is 11.8 Å². The number of hydrogen-bond donors (Lipinski definition) is 0. The van der Waals surface area contributed by atoms with Gasteiger partial charge in [0, 0.05) is 18.6 Å². The summed E-state index contributed by atoms with van der Waals surface area (Å²) in [6.07, 6.45) is 4.32. The highest BCUT2D eigenvalue weighted by Crippen LogP contribution is 2.32. The van der Waals surface area contributed by atoms with Crippen LogP contribution in [0.25, 0.3) is 0 Å². The minimum Gasteiger partial charge on any atom is -0.297 e. The van der Waals surface area contributed by atoms with Gasteiger partial charge in [-0.05, 0) is 36.7 Å². The molecule has 2 fully saturated rings. The third kappa shape index (κ3) is 2.04. The van der Waals surface area contributed by atoms with Crippen molar-refractivity contribution >= 4 is 11.8 Å². The minimum absolute atomic E-state index is 0.864. The van der Waals surface area contributed by atoms with Crippen LogP contribution in [0, 0.1) is 5.92 Å². The molecule has 0 bridgehead atoms. The lowest BCUT2D eigenvalue weighted by molar-refractivity contribution is 0.00978. The van der Waals surface area contributed by atoms with Gasteiger partial charge in [-0.25, -0.2) is 0 Å². The summed E-state index contributed by atoms with van der Waals surface area (Å²) in [5, 5.41) is 0. The van der Waals surface area contributed by atoms with E-state index in [9.17, 15) is 0 Å². The highest BCUT2D eigenvalue weighted by atomic mass is 32.2. The Bertz CT molecular complexity index is 163. The van der Waals surface area contributed by atoms with E-state index in [1.165, 1.54) is 37.3 Å². The van der Waals surface area contributed by atoms with Crippen LogP contribution in [0.15, 0.2) is 0 Å². The summed E-state index contributed by atoms with van der Waals surface area (Å²) in [6, 6.07) is 1.84. The zero-order valence-electron chi connectivity index (χ0n) is 8.83.